The Morgan fingerprint density at radius 1 is 0.969 bits per heavy atom. The second kappa shape index (κ2) is 9.02. The molecule has 0 saturated heterocycles. The number of imidazole rings is 1. The highest BCUT2D eigenvalue weighted by Gasteiger charge is 2.30. The van der Waals surface area contributed by atoms with Crippen LogP contribution in [0, 0.1) is 5.82 Å². The molecule has 0 aliphatic carbocycles. The van der Waals surface area contributed by atoms with Crippen LogP contribution in [-0.4, -0.2) is 21.1 Å². The first kappa shape index (κ1) is 21.1. The maximum atomic E-state index is 13.5. The van der Waals surface area contributed by atoms with Crippen LogP contribution in [0.3, 0.4) is 0 Å². The van der Waals surface area contributed by atoms with Crippen LogP contribution in [0.25, 0.3) is 22.5 Å². The van der Waals surface area contributed by atoms with E-state index in [0.717, 1.165) is 46.7 Å². The molecule has 1 unspecified atom stereocenters. The number of pyridine rings is 1. The van der Waals surface area contributed by atoms with Gasteiger partial charge in [-0.15, -0.1) is 0 Å². The van der Waals surface area contributed by atoms with Crippen molar-refractivity contribution in [1.82, 2.24) is 14.5 Å². The number of rotatable bonds is 6. The molecule has 0 N–H and O–H groups in total. The van der Waals surface area contributed by atoms with Gasteiger partial charge < -0.3 is 9.30 Å². The number of aryl methyl sites for hydroxylation is 1. The molecule has 1 aliphatic heterocycles. The van der Waals surface area contributed by atoms with Crippen LogP contribution in [0.2, 0.25) is 10.0 Å². The first-order valence-corrected chi connectivity index (χ1v) is 11.1. The molecule has 5 rings (SSSR count). The molecule has 0 radical (unpaired) electrons. The van der Waals surface area contributed by atoms with Gasteiger partial charge in [-0.2, -0.15) is 0 Å². The summed E-state index contributed by atoms with van der Waals surface area (Å²) in [5, 5.41) is 1.05. The van der Waals surface area contributed by atoms with Crippen molar-refractivity contribution < 1.29 is 9.13 Å². The highest BCUT2D eigenvalue weighted by atomic mass is 35.5. The Labute approximate surface area is 195 Å². The summed E-state index contributed by atoms with van der Waals surface area (Å²) in [5.41, 5.74) is 4.74. The molecule has 3 heterocycles. The van der Waals surface area contributed by atoms with Gasteiger partial charge in [0, 0.05) is 29.9 Å². The number of benzene rings is 2. The molecular formula is C25H20Cl2FN3O. The Bertz CT molecular complexity index is 1240. The third-order valence-electron chi connectivity index (χ3n) is 5.68. The minimum Gasteiger partial charge on any atom is -0.375 e. The van der Waals surface area contributed by atoms with Gasteiger partial charge in [0.25, 0.3) is 0 Å². The lowest BCUT2D eigenvalue weighted by Crippen LogP contribution is -2.13. The molecule has 0 saturated carbocycles. The van der Waals surface area contributed by atoms with Gasteiger partial charge in [0.2, 0.25) is 0 Å². The lowest BCUT2D eigenvalue weighted by atomic mass is 10.0. The third kappa shape index (κ3) is 4.16. The minimum absolute atomic E-state index is 0.151. The predicted octanol–water partition coefficient (Wildman–Crippen LogP) is 6.76. The molecule has 4 aromatic rings. The second-order valence-corrected chi connectivity index (χ2v) is 8.61. The Balaban J connectivity index is 1.45. The van der Waals surface area contributed by atoms with Crippen LogP contribution in [0.5, 0.6) is 0 Å². The highest BCUT2D eigenvalue weighted by Crippen LogP contribution is 2.39. The quantitative estimate of drug-likeness (QED) is 0.314. The molecular weight excluding hydrogens is 448 g/mol. The summed E-state index contributed by atoms with van der Waals surface area (Å²) >= 11 is 12.1. The van der Waals surface area contributed by atoms with Crippen LogP contribution in [0.1, 0.15) is 23.9 Å². The summed E-state index contributed by atoms with van der Waals surface area (Å²) in [6, 6.07) is 16.1. The monoisotopic (exact) mass is 467 g/mol. The van der Waals surface area contributed by atoms with Crippen molar-refractivity contribution in [2.45, 2.75) is 25.5 Å². The summed E-state index contributed by atoms with van der Waals surface area (Å²) in [7, 11) is 0. The molecule has 162 valence electrons. The molecule has 1 atom stereocenters. The van der Waals surface area contributed by atoms with Crippen molar-refractivity contribution in [2.24, 2.45) is 0 Å². The fraction of sp³-hybridized carbons (Fsp3) is 0.200. The summed E-state index contributed by atoms with van der Waals surface area (Å²) < 4.78 is 21.8. The van der Waals surface area contributed by atoms with Crippen molar-refractivity contribution >= 4 is 23.2 Å². The highest BCUT2D eigenvalue weighted by molar-refractivity contribution is 6.42. The van der Waals surface area contributed by atoms with Gasteiger partial charge in [-0.3, -0.25) is 4.98 Å². The lowest BCUT2D eigenvalue weighted by molar-refractivity contribution is 0.0925. The van der Waals surface area contributed by atoms with E-state index in [1.807, 2.05) is 24.3 Å². The Kier molecular flexibility index (Phi) is 5.96. The molecule has 2 aromatic carbocycles. The standard InChI is InChI=1S/C25H20Cl2FN3O/c26-21-7-1-16(13-22(21)27)14-32-15-20-6-8-23-30-24(17-2-4-19(28)5-3-17)25(31(20)23)18-9-11-29-12-10-18/h1-5,7,9-13,20H,6,8,14-15H2. The van der Waals surface area contributed by atoms with Gasteiger partial charge >= 0.3 is 0 Å². The van der Waals surface area contributed by atoms with E-state index in [1.54, 1.807) is 30.6 Å². The molecule has 32 heavy (non-hydrogen) atoms. The maximum Gasteiger partial charge on any atom is 0.123 e. The SMILES string of the molecule is Fc1ccc(-c2nc3n(c2-c2ccncc2)C(COCc2ccc(Cl)c(Cl)c2)CC3)cc1. The maximum absolute atomic E-state index is 13.5. The van der Waals surface area contributed by atoms with Crippen LogP contribution >= 0.6 is 23.2 Å². The van der Waals surface area contributed by atoms with E-state index in [0.29, 0.717) is 23.3 Å². The van der Waals surface area contributed by atoms with E-state index in [2.05, 4.69) is 9.55 Å². The van der Waals surface area contributed by atoms with Gasteiger partial charge in [0.05, 0.1) is 40.7 Å². The Hall–Kier alpha value is -2.73. The summed E-state index contributed by atoms with van der Waals surface area (Å²) in [6.07, 6.45) is 5.36. The molecule has 0 fully saturated rings. The molecule has 1 aliphatic rings. The van der Waals surface area contributed by atoms with Gasteiger partial charge in [0.1, 0.15) is 11.6 Å². The average Bonchev–Trinajstić information content (AvgIpc) is 3.37. The van der Waals surface area contributed by atoms with Crippen molar-refractivity contribution in [3.05, 3.63) is 94.2 Å². The first-order valence-electron chi connectivity index (χ1n) is 10.4. The van der Waals surface area contributed by atoms with Crippen molar-refractivity contribution in [3.8, 4) is 22.5 Å². The topological polar surface area (TPSA) is 39.9 Å². The zero-order valence-corrected chi connectivity index (χ0v) is 18.7. The van der Waals surface area contributed by atoms with Crippen molar-refractivity contribution in [1.29, 1.82) is 0 Å². The van der Waals surface area contributed by atoms with Gasteiger partial charge in [0.15, 0.2) is 0 Å². The summed E-state index contributed by atoms with van der Waals surface area (Å²) in [6.45, 7) is 0.997. The smallest absolute Gasteiger partial charge is 0.123 e. The van der Waals surface area contributed by atoms with Gasteiger partial charge in [-0.05, 0) is 60.5 Å². The van der Waals surface area contributed by atoms with E-state index in [9.17, 15) is 4.39 Å². The minimum atomic E-state index is -0.264. The zero-order valence-electron chi connectivity index (χ0n) is 17.1. The van der Waals surface area contributed by atoms with Crippen molar-refractivity contribution in [3.63, 3.8) is 0 Å². The number of hydrogen-bond donors (Lipinski definition) is 0. The lowest BCUT2D eigenvalue weighted by Gasteiger charge is -2.18. The van der Waals surface area contributed by atoms with E-state index in [-0.39, 0.29) is 11.9 Å². The van der Waals surface area contributed by atoms with Gasteiger partial charge in [-0.25, -0.2) is 9.37 Å². The fourth-order valence-corrected chi connectivity index (χ4v) is 4.49. The number of fused-ring (bicyclic) bond motifs is 1. The predicted molar refractivity (Wildman–Crippen MR) is 124 cm³/mol. The summed E-state index contributed by atoms with van der Waals surface area (Å²) in [4.78, 5) is 9.09. The van der Waals surface area contributed by atoms with Crippen molar-refractivity contribution in [2.75, 3.05) is 6.61 Å². The second-order valence-electron chi connectivity index (χ2n) is 7.79. The van der Waals surface area contributed by atoms with Crippen LogP contribution in [-0.2, 0) is 17.8 Å². The molecule has 0 spiro atoms. The number of halogens is 3. The average molecular weight is 468 g/mol. The van der Waals surface area contributed by atoms with Crippen LogP contribution in [0.4, 0.5) is 4.39 Å². The molecule has 0 bridgehead atoms. The van der Waals surface area contributed by atoms with E-state index >= 15 is 0 Å². The molecule has 4 nitrogen and oxygen atoms in total. The molecule has 2 aromatic heterocycles. The number of aromatic nitrogens is 3. The fourth-order valence-electron chi connectivity index (χ4n) is 4.17. The Morgan fingerprint density at radius 2 is 1.75 bits per heavy atom. The van der Waals surface area contributed by atoms with Gasteiger partial charge in [-0.1, -0.05) is 29.3 Å². The Morgan fingerprint density at radius 3 is 2.50 bits per heavy atom. The number of hydrogen-bond acceptors (Lipinski definition) is 3. The first-order chi connectivity index (χ1) is 15.6. The third-order valence-corrected chi connectivity index (χ3v) is 6.42. The van der Waals surface area contributed by atoms with E-state index in [4.69, 9.17) is 32.9 Å². The largest absolute Gasteiger partial charge is 0.375 e. The summed E-state index contributed by atoms with van der Waals surface area (Å²) in [5.74, 6) is 0.749. The van der Waals surface area contributed by atoms with Crippen LogP contribution in [0.15, 0.2) is 67.0 Å². The van der Waals surface area contributed by atoms with E-state index in [1.165, 1.54) is 12.1 Å². The number of nitrogens with zero attached hydrogens (tertiary/aromatic N) is 3. The normalized spacial score (nSPS) is 15.2. The van der Waals surface area contributed by atoms with Crippen LogP contribution < -0.4 is 0 Å². The number of ether oxygens (including phenoxy) is 1. The molecule has 7 heteroatoms. The molecule has 0 amide bonds. The zero-order chi connectivity index (χ0) is 22.1. The van der Waals surface area contributed by atoms with E-state index < -0.39 is 0 Å².